The molecule has 3 heterocycles. The molecular formula is C26H33N3O2S. The smallest absolute Gasteiger partial charge is 0.271 e. The van der Waals surface area contributed by atoms with Gasteiger partial charge in [-0.2, -0.15) is 0 Å². The van der Waals surface area contributed by atoms with Crippen LogP contribution in [0, 0.1) is 11.3 Å². The number of aromatic nitrogens is 2. The van der Waals surface area contributed by atoms with Crippen LogP contribution in [0.2, 0.25) is 0 Å². The fourth-order valence-electron chi connectivity index (χ4n) is 4.23. The van der Waals surface area contributed by atoms with Gasteiger partial charge in [0.1, 0.15) is 11.4 Å². The van der Waals surface area contributed by atoms with Crippen LogP contribution in [0.25, 0.3) is 16.4 Å². The Kier molecular flexibility index (Phi) is 6.17. The number of nitrogens with one attached hydrogen (secondary N) is 1. The number of rotatable bonds is 6. The van der Waals surface area contributed by atoms with E-state index in [1.807, 2.05) is 6.07 Å². The predicted octanol–water partition coefficient (Wildman–Crippen LogP) is 5.68. The molecule has 6 heteroatoms. The molecule has 0 atom stereocenters. The van der Waals surface area contributed by atoms with Gasteiger partial charge < -0.3 is 10.1 Å². The van der Waals surface area contributed by atoms with Gasteiger partial charge in [-0.3, -0.25) is 9.36 Å². The molecule has 2 aromatic heterocycles. The number of imidazole rings is 1. The van der Waals surface area contributed by atoms with Crippen LogP contribution < -0.4 is 10.1 Å². The van der Waals surface area contributed by atoms with Crippen LogP contribution in [-0.2, 0) is 19.3 Å². The number of fused-ring (bicyclic) bond motifs is 3. The molecule has 0 saturated heterocycles. The van der Waals surface area contributed by atoms with Crippen molar-refractivity contribution < 1.29 is 9.53 Å². The van der Waals surface area contributed by atoms with Crippen molar-refractivity contribution in [1.29, 1.82) is 0 Å². The van der Waals surface area contributed by atoms with Crippen LogP contribution in [-0.4, -0.2) is 29.1 Å². The first-order valence-corrected chi connectivity index (χ1v) is 12.2. The topological polar surface area (TPSA) is 56.2 Å². The van der Waals surface area contributed by atoms with E-state index >= 15 is 0 Å². The first-order chi connectivity index (χ1) is 15.2. The van der Waals surface area contributed by atoms with Crippen LogP contribution in [0.5, 0.6) is 5.75 Å². The number of methoxy groups -OCH3 is 1. The molecule has 0 saturated carbocycles. The van der Waals surface area contributed by atoms with Crippen molar-refractivity contribution in [3.8, 4) is 22.1 Å². The number of amides is 1. The minimum Gasteiger partial charge on any atom is -0.496 e. The maximum atomic E-state index is 13.2. The molecule has 0 radical (unpaired) electrons. The van der Waals surface area contributed by atoms with Gasteiger partial charge in [-0.1, -0.05) is 40.7 Å². The Hall–Kier alpha value is -2.60. The zero-order valence-electron chi connectivity index (χ0n) is 19.9. The molecule has 170 valence electrons. The van der Waals surface area contributed by atoms with Crippen molar-refractivity contribution in [2.24, 2.45) is 11.3 Å². The molecular weight excluding hydrogens is 418 g/mol. The zero-order chi connectivity index (χ0) is 23.0. The molecule has 0 unspecified atom stereocenters. The highest BCUT2D eigenvalue weighted by Gasteiger charge is 2.30. The van der Waals surface area contributed by atoms with Crippen molar-refractivity contribution in [2.75, 3.05) is 13.7 Å². The third-order valence-electron chi connectivity index (χ3n) is 5.69. The lowest BCUT2D eigenvalue weighted by Gasteiger charge is -2.24. The van der Waals surface area contributed by atoms with Crippen LogP contribution >= 0.6 is 11.3 Å². The lowest BCUT2D eigenvalue weighted by Crippen LogP contribution is -2.33. The minimum atomic E-state index is -0.0918. The van der Waals surface area contributed by atoms with Crippen LogP contribution in [0.3, 0.4) is 0 Å². The third kappa shape index (κ3) is 4.46. The zero-order valence-corrected chi connectivity index (χ0v) is 20.7. The van der Waals surface area contributed by atoms with E-state index in [1.54, 1.807) is 18.4 Å². The van der Waals surface area contributed by atoms with Gasteiger partial charge in [0.15, 0.2) is 5.82 Å². The summed E-state index contributed by atoms with van der Waals surface area (Å²) in [5.74, 6) is 2.22. The largest absolute Gasteiger partial charge is 0.496 e. The molecule has 0 fully saturated rings. The van der Waals surface area contributed by atoms with E-state index in [9.17, 15) is 4.79 Å². The molecule has 1 aromatic carbocycles. The predicted molar refractivity (Wildman–Crippen MR) is 131 cm³/mol. The van der Waals surface area contributed by atoms with Crippen molar-refractivity contribution in [3.05, 3.63) is 52.2 Å². The van der Waals surface area contributed by atoms with E-state index in [-0.39, 0.29) is 11.3 Å². The third-order valence-corrected chi connectivity index (χ3v) is 6.56. The van der Waals surface area contributed by atoms with E-state index in [1.165, 1.54) is 11.1 Å². The fourth-order valence-corrected chi connectivity index (χ4v) is 4.93. The summed E-state index contributed by atoms with van der Waals surface area (Å²) >= 11 is 1.65. The standard InChI is InChI=1S/C26H33N3O2S/c1-16(2)12-18-13-20-17(14-21(18)31-6)9-10-19-23(25(30)27-15-26(3,4)5)28-24(29(19)20)22-8-7-11-32-22/h7-8,11,13-14,16H,9-10,12,15H2,1-6H3,(H,27,30). The number of benzene rings is 1. The van der Waals surface area contributed by atoms with Crippen LogP contribution in [0.1, 0.15) is 61.9 Å². The quantitative estimate of drug-likeness (QED) is 0.524. The van der Waals surface area contributed by atoms with Gasteiger partial charge in [0.25, 0.3) is 5.91 Å². The van der Waals surface area contributed by atoms with Crippen LogP contribution in [0.4, 0.5) is 0 Å². The molecule has 1 aliphatic heterocycles. The van der Waals surface area contributed by atoms with Gasteiger partial charge in [-0.05, 0) is 65.3 Å². The molecule has 3 aromatic rings. The number of carbonyl (C=O) groups excluding carboxylic acids is 1. The van der Waals surface area contributed by atoms with Crippen molar-refractivity contribution in [1.82, 2.24) is 14.9 Å². The van der Waals surface area contributed by atoms with Gasteiger partial charge >= 0.3 is 0 Å². The molecule has 0 spiro atoms. The van der Waals surface area contributed by atoms with Crippen molar-refractivity contribution in [2.45, 2.75) is 53.9 Å². The Bertz CT molecular complexity index is 1120. The summed E-state index contributed by atoms with van der Waals surface area (Å²) in [6.07, 6.45) is 2.58. The average molecular weight is 452 g/mol. The number of nitrogens with zero attached hydrogens (tertiary/aromatic N) is 2. The SMILES string of the molecule is COc1cc2c(cc1CC(C)C)-n1c(-c3cccs3)nc(C(=O)NCC(C)(C)C)c1CC2. The number of hydrogen-bond donors (Lipinski definition) is 1. The monoisotopic (exact) mass is 451 g/mol. The highest BCUT2D eigenvalue weighted by atomic mass is 32.1. The number of aryl methyl sites for hydroxylation is 1. The Labute approximate surface area is 194 Å². The maximum Gasteiger partial charge on any atom is 0.271 e. The second-order valence-electron chi connectivity index (χ2n) is 10.2. The summed E-state index contributed by atoms with van der Waals surface area (Å²) in [5, 5.41) is 5.15. The molecule has 0 aliphatic carbocycles. The number of ether oxygens (including phenoxy) is 1. The number of carbonyl (C=O) groups is 1. The van der Waals surface area contributed by atoms with E-state index in [4.69, 9.17) is 9.72 Å². The second-order valence-corrected chi connectivity index (χ2v) is 11.1. The Morgan fingerprint density at radius 1 is 1.28 bits per heavy atom. The van der Waals surface area contributed by atoms with Gasteiger partial charge in [-0.15, -0.1) is 11.3 Å². The normalized spacial score (nSPS) is 13.1. The van der Waals surface area contributed by atoms with E-state index in [2.05, 4.69) is 68.1 Å². The highest BCUT2D eigenvalue weighted by molar-refractivity contribution is 7.13. The van der Waals surface area contributed by atoms with E-state index in [0.717, 1.165) is 47.1 Å². The first kappa shape index (κ1) is 22.6. The average Bonchev–Trinajstić information content (AvgIpc) is 3.38. The first-order valence-electron chi connectivity index (χ1n) is 11.3. The molecule has 1 aliphatic rings. The van der Waals surface area contributed by atoms with Crippen molar-refractivity contribution in [3.63, 3.8) is 0 Å². The lowest BCUT2D eigenvalue weighted by atomic mass is 9.94. The molecule has 0 bridgehead atoms. The van der Waals surface area contributed by atoms with Crippen LogP contribution in [0.15, 0.2) is 29.6 Å². The molecule has 4 rings (SSSR count). The van der Waals surface area contributed by atoms with E-state index < -0.39 is 0 Å². The second kappa shape index (κ2) is 8.74. The summed E-state index contributed by atoms with van der Waals surface area (Å²) in [7, 11) is 1.74. The molecule has 5 nitrogen and oxygen atoms in total. The Morgan fingerprint density at radius 3 is 2.69 bits per heavy atom. The Balaban J connectivity index is 1.86. The van der Waals surface area contributed by atoms with Gasteiger partial charge in [0, 0.05) is 6.54 Å². The molecule has 1 N–H and O–H groups in total. The fraction of sp³-hybridized carbons (Fsp3) is 0.462. The summed E-state index contributed by atoms with van der Waals surface area (Å²) in [4.78, 5) is 19.1. The maximum absolute atomic E-state index is 13.2. The molecule has 32 heavy (non-hydrogen) atoms. The summed E-state index contributed by atoms with van der Waals surface area (Å²) < 4.78 is 7.93. The highest BCUT2D eigenvalue weighted by Crippen LogP contribution is 2.38. The van der Waals surface area contributed by atoms with Gasteiger partial charge in [0.2, 0.25) is 0 Å². The minimum absolute atomic E-state index is 0.0148. The van der Waals surface area contributed by atoms with Gasteiger partial charge in [-0.25, -0.2) is 4.98 Å². The Morgan fingerprint density at radius 2 is 2.06 bits per heavy atom. The molecule has 1 amide bonds. The summed E-state index contributed by atoms with van der Waals surface area (Å²) in [5.41, 5.74) is 5.10. The number of thiophene rings is 1. The summed E-state index contributed by atoms with van der Waals surface area (Å²) in [6.45, 7) is 11.4. The number of hydrogen-bond acceptors (Lipinski definition) is 4. The summed E-state index contributed by atoms with van der Waals surface area (Å²) in [6, 6.07) is 8.52. The lowest BCUT2D eigenvalue weighted by molar-refractivity contribution is 0.0933. The van der Waals surface area contributed by atoms with E-state index in [0.29, 0.717) is 18.2 Å². The van der Waals surface area contributed by atoms with Crippen molar-refractivity contribution >= 4 is 17.2 Å². The van der Waals surface area contributed by atoms with Gasteiger partial charge in [0.05, 0.1) is 23.4 Å².